The highest BCUT2D eigenvalue weighted by Gasteiger charge is 2.50. The molecule has 2 atom stereocenters. The van der Waals surface area contributed by atoms with Crippen LogP contribution >= 0.6 is 0 Å². The lowest BCUT2D eigenvalue weighted by molar-refractivity contribution is -0.145. The van der Waals surface area contributed by atoms with Crippen molar-refractivity contribution in [3.8, 4) is 0 Å². The van der Waals surface area contributed by atoms with Crippen molar-refractivity contribution in [1.29, 1.82) is 0 Å². The van der Waals surface area contributed by atoms with Crippen molar-refractivity contribution in [2.75, 3.05) is 23.3 Å². The highest BCUT2D eigenvalue weighted by atomic mass is 16.2. The zero-order valence-corrected chi connectivity index (χ0v) is 16.1. The van der Waals surface area contributed by atoms with Gasteiger partial charge >= 0.3 is 17.8 Å². The van der Waals surface area contributed by atoms with Crippen LogP contribution in [0.25, 0.3) is 0 Å². The number of imide groups is 2. The van der Waals surface area contributed by atoms with E-state index in [9.17, 15) is 24.0 Å². The molecule has 0 aromatic heterocycles. The molecule has 0 bridgehead atoms. The second kappa shape index (κ2) is 7.31. The Morgan fingerprint density at radius 3 is 2.55 bits per heavy atom. The van der Waals surface area contributed by atoms with Crippen molar-refractivity contribution in [2.45, 2.75) is 38.6 Å². The van der Waals surface area contributed by atoms with Crippen LogP contribution in [0.3, 0.4) is 0 Å². The minimum absolute atomic E-state index is 0.109. The molecule has 0 spiro atoms. The number of carbonyl (C=O) groups excluding carboxylic acids is 5. The number of carbonyl (C=O) groups is 5. The Hall–Kier alpha value is -3.23. The van der Waals surface area contributed by atoms with Crippen LogP contribution in [-0.2, 0) is 19.2 Å². The van der Waals surface area contributed by atoms with Crippen LogP contribution in [0.2, 0.25) is 0 Å². The number of hydrogen-bond acceptors (Lipinski definition) is 5. The summed E-state index contributed by atoms with van der Waals surface area (Å²) in [6.07, 6.45) is 3.46. The Labute approximate surface area is 167 Å². The molecule has 0 unspecified atom stereocenters. The van der Waals surface area contributed by atoms with Crippen molar-refractivity contribution >= 4 is 41.0 Å². The van der Waals surface area contributed by atoms with E-state index in [1.54, 1.807) is 24.3 Å². The standard InChI is InChI=1S/C20H22N4O5/c1-12-6-2-4-8-14(12)24-19(28)18(27)23(20(24)29)11-17(26)22-10-16(25)21-13-7-3-5-9-15(13)22/h3,5,7,9,12,14H,2,4,6,8,10-11H2,1H3,(H,21,25)/t12-,14-/m0/s1. The molecule has 4 rings (SSSR count). The van der Waals surface area contributed by atoms with Crippen molar-refractivity contribution in [1.82, 2.24) is 9.80 Å². The first-order valence-corrected chi connectivity index (χ1v) is 9.76. The maximum atomic E-state index is 12.9. The number of rotatable bonds is 3. The normalized spacial score (nSPS) is 24.7. The van der Waals surface area contributed by atoms with Gasteiger partial charge in [-0.3, -0.25) is 29.0 Å². The van der Waals surface area contributed by atoms with Gasteiger partial charge < -0.3 is 5.32 Å². The smallest absolute Gasteiger partial charge is 0.323 e. The van der Waals surface area contributed by atoms with Gasteiger partial charge in [-0.15, -0.1) is 0 Å². The summed E-state index contributed by atoms with van der Waals surface area (Å²) in [5, 5.41) is 2.68. The van der Waals surface area contributed by atoms with Gasteiger partial charge in [-0.05, 0) is 30.9 Å². The zero-order valence-electron chi connectivity index (χ0n) is 16.1. The fourth-order valence-corrected chi connectivity index (χ4v) is 4.31. The van der Waals surface area contributed by atoms with Crippen LogP contribution in [-0.4, -0.2) is 58.6 Å². The topological polar surface area (TPSA) is 107 Å². The molecule has 29 heavy (non-hydrogen) atoms. The van der Waals surface area contributed by atoms with Crippen LogP contribution < -0.4 is 10.2 Å². The summed E-state index contributed by atoms with van der Waals surface area (Å²) in [5.74, 6) is -2.72. The van der Waals surface area contributed by atoms with Crippen LogP contribution in [0.15, 0.2) is 24.3 Å². The third-order valence-corrected chi connectivity index (χ3v) is 5.85. The Morgan fingerprint density at radius 1 is 1.07 bits per heavy atom. The van der Waals surface area contributed by atoms with Gasteiger partial charge in [0.1, 0.15) is 13.1 Å². The van der Waals surface area contributed by atoms with Crippen LogP contribution in [0.1, 0.15) is 32.6 Å². The lowest BCUT2D eigenvalue weighted by Gasteiger charge is -2.34. The van der Waals surface area contributed by atoms with Crippen LogP contribution in [0.4, 0.5) is 16.2 Å². The Kier molecular flexibility index (Phi) is 4.81. The molecule has 2 fully saturated rings. The molecule has 1 N–H and O–H groups in total. The van der Waals surface area contributed by atoms with E-state index >= 15 is 0 Å². The van der Waals surface area contributed by atoms with Crippen molar-refractivity contribution in [2.24, 2.45) is 5.92 Å². The molecule has 1 saturated carbocycles. The van der Waals surface area contributed by atoms with E-state index in [2.05, 4.69) is 5.32 Å². The van der Waals surface area contributed by atoms with E-state index in [-0.39, 0.29) is 24.4 Å². The largest absolute Gasteiger partial charge is 0.334 e. The van der Waals surface area contributed by atoms with Gasteiger partial charge in [0, 0.05) is 6.04 Å². The number of nitrogens with one attached hydrogen (secondary N) is 1. The molecule has 0 radical (unpaired) electrons. The lowest BCUT2D eigenvalue weighted by Crippen LogP contribution is -2.49. The summed E-state index contributed by atoms with van der Waals surface area (Å²) < 4.78 is 0. The molecule has 9 heteroatoms. The first kappa shape index (κ1) is 19.1. The molecule has 9 nitrogen and oxygen atoms in total. The highest BCUT2D eigenvalue weighted by molar-refractivity contribution is 6.45. The first-order valence-electron chi connectivity index (χ1n) is 9.76. The van der Waals surface area contributed by atoms with Crippen molar-refractivity contribution < 1.29 is 24.0 Å². The molecule has 3 aliphatic rings. The molecular formula is C20H22N4O5. The first-order chi connectivity index (χ1) is 13.9. The van der Waals surface area contributed by atoms with Gasteiger partial charge in [-0.1, -0.05) is 31.9 Å². The summed E-state index contributed by atoms with van der Waals surface area (Å²) in [4.78, 5) is 65.6. The summed E-state index contributed by atoms with van der Waals surface area (Å²) in [6, 6.07) is 5.70. The predicted octanol–water partition coefficient (Wildman–Crippen LogP) is 1.34. The monoisotopic (exact) mass is 398 g/mol. The third kappa shape index (κ3) is 3.26. The number of hydrogen-bond donors (Lipinski definition) is 1. The maximum absolute atomic E-state index is 12.9. The highest BCUT2D eigenvalue weighted by Crippen LogP contribution is 2.32. The third-order valence-electron chi connectivity index (χ3n) is 5.85. The number of anilines is 2. The molecule has 2 heterocycles. The van der Waals surface area contributed by atoms with Crippen LogP contribution in [0, 0.1) is 5.92 Å². The van der Waals surface area contributed by atoms with Gasteiger partial charge in [0.2, 0.25) is 11.8 Å². The van der Waals surface area contributed by atoms with Gasteiger partial charge in [0.05, 0.1) is 11.4 Å². The predicted molar refractivity (Wildman–Crippen MR) is 103 cm³/mol. The number of fused-ring (bicyclic) bond motifs is 1. The van der Waals surface area contributed by atoms with E-state index < -0.39 is 30.3 Å². The van der Waals surface area contributed by atoms with E-state index in [1.807, 2.05) is 6.92 Å². The fourth-order valence-electron chi connectivity index (χ4n) is 4.31. The molecule has 6 amide bonds. The van der Waals surface area contributed by atoms with Crippen LogP contribution in [0.5, 0.6) is 0 Å². The molecule has 1 aromatic rings. The Bertz CT molecular complexity index is 914. The minimum atomic E-state index is -0.990. The number of nitrogens with zero attached hydrogens (tertiary/aromatic N) is 3. The zero-order chi connectivity index (χ0) is 20.7. The lowest BCUT2D eigenvalue weighted by atomic mass is 9.85. The van der Waals surface area contributed by atoms with Gasteiger partial charge in [-0.2, -0.15) is 0 Å². The van der Waals surface area contributed by atoms with Gasteiger partial charge in [-0.25, -0.2) is 9.69 Å². The maximum Gasteiger partial charge on any atom is 0.334 e. The molecule has 2 aliphatic heterocycles. The van der Waals surface area contributed by atoms with E-state index in [0.29, 0.717) is 22.7 Å². The van der Waals surface area contributed by atoms with E-state index in [0.717, 1.165) is 24.2 Å². The summed E-state index contributed by atoms with van der Waals surface area (Å²) in [7, 11) is 0. The summed E-state index contributed by atoms with van der Waals surface area (Å²) >= 11 is 0. The molecule has 152 valence electrons. The number of benzene rings is 1. The second-order valence-corrected chi connectivity index (χ2v) is 7.72. The van der Waals surface area contributed by atoms with Crippen molar-refractivity contribution in [3.63, 3.8) is 0 Å². The number of para-hydroxylation sites is 2. The van der Waals surface area contributed by atoms with Gasteiger partial charge in [0.25, 0.3) is 0 Å². The average Bonchev–Trinajstić information content (AvgIpc) is 2.91. The minimum Gasteiger partial charge on any atom is -0.323 e. The van der Waals surface area contributed by atoms with Gasteiger partial charge in [0.15, 0.2) is 0 Å². The number of amides is 6. The SMILES string of the molecule is C[C@H]1CCCC[C@@H]1N1C(=O)C(=O)N(CC(=O)N2CC(=O)Nc3ccccc32)C1=O. The molecular weight excluding hydrogens is 376 g/mol. The quantitative estimate of drug-likeness (QED) is 0.611. The van der Waals surface area contributed by atoms with Crippen molar-refractivity contribution in [3.05, 3.63) is 24.3 Å². The molecule has 1 saturated heterocycles. The Balaban J connectivity index is 1.54. The molecule has 1 aliphatic carbocycles. The summed E-state index contributed by atoms with van der Waals surface area (Å²) in [6.45, 7) is 1.16. The fraction of sp³-hybridized carbons (Fsp3) is 0.450. The van der Waals surface area contributed by atoms with E-state index in [1.165, 1.54) is 4.90 Å². The Morgan fingerprint density at radius 2 is 1.79 bits per heavy atom. The summed E-state index contributed by atoms with van der Waals surface area (Å²) in [5.41, 5.74) is 0.963. The van der Waals surface area contributed by atoms with E-state index in [4.69, 9.17) is 0 Å². The number of urea groups is 1. The molecule has 1 aromatic carbocycles. The average molecular weight is 398 g/mol. The second-order valence-electron chi connectivity index (χ2n) is 7.72.